The van der Waals surface area contributed by atoms with Crippen LogP contribution in [0, 0.1) is 0 Å². The van der Waals surface area contributed by atoms with Gasteiger partial charge in [-0.1, -0.05) is 23.7 Å². The van der Waals surface area contributed by atoms with E-state index in [0.717, 1.165) is 5.56 Å². The first-order valence-corrected chi connectivity index (χ1v) is 5.78. The molecule has 1 aromatic heterocycles. The highest BCUT2D eigenvalue weighted by Gasteiger charge is 2.20. The summed E-state index contributed by atoms with van der Waals surface area (Å²) < 4.78 is 4.95. The highest BCUT2D eigenvalue weighted by atomic mass is 35.5. The largest absolute Gasteiger partial charge is 0.462 e. The monoisotopic (exact) mass is 265 g/mol. The molecule has 0 unspecified atom stereocenters. The molecule has 0 saturated carbocycles. The van der Waals surface area contributed by atoms with Crippen molar-refractivity contribution in [3.05, 3.63) is 34.9 Å². The number of hydrogen-bond donors (Lipinski definition) is 2. The van der Waals surface area contributed by atoms with Crippen LogP contribution < -0.4 is 5.73 Å². The van der Waals surface area contributed by atoms with Crippen LogP contribution in [0.3, 0.4) is 0 Å². The molecule has 0 aliphatic heterocycles. The van der Waals surface area contributed by atoms with Gasteiger partial charge in [-0.2, -0.15) is 5.10 Å². The summed E-state index contributed by atoms with van der Waals surface area (Å²) in [4.78, 5) is 11.8. The van der Waals surface area contributed by atoms with E-state index in [2.05, 4.69) is 10.2 Å². The van der Waals surface area contributed by atoms with Crippen LogP contribution in [0.15, 0.2) is 24.3 Å². The number of hydrogen-bond acceptors (Lipinski definition) is 4. The maximum Gasteiger partial charge on any atom is 0.344 e. The predicted octanol–water partition coefficient (Wildman–Crippen LogP) is 2.49. The average molecular weight is 266 g/mol. The number of anilines is 1. The zero-order valence-corrected chi connectivity index (χ0v) is 10.5. The molecule has 3 N–H and O–H groups in total. The molecule has 6 heteroatoms. The molecule has 0 aliphatic carbocycles. The zero-order valence-electron chi connectivity index (χ0n) is 9.74. The second kappa shape index (κ2) is 5.10. The van der Waals surface area contributed by atoms with Gasteiger partial charge in [0.2, 0.25) is 0 Å². The van der Waals surface area contributed by atoms with Gasteiger partial charge in [0, 0.05) is 10.6 Å². The second-order valence-corrected chi connectivity index (χ2v) is 4.02. The fourth-order valence-corrected chi connectivity index (χ4v) is 1.72. The third kappa shape index (κ3) is 2.31. The zero-order chi connectivity index (χ0) is 13.1. The normalized spacial score (nSPS) is 10.3. The van der Waals surface area contributed by atoms with E-state index < -0.39 is 5.97 Å². The summed E-state index contributed by atoms with van der Waals surface area (Å²) in [6.45, 7) is 2.01. The number of carbonyl (C=O) groups excluding carboxylic acids is 1. The summed E-state index contributed by atoms with van der Waals surface area (Å²) in [6.07, 6.45) is 0. The number of H-pyrrole nitrogens is 1. The first-order chi connectivity index (χ1) is 8.63. The summed E-state index contributed by atoms with van der Waals surface area (Å²) in [5.41, 5.74) is 7.22. The smallest absolute Gasteiger partial charge is 0.344 e. The van der Waals surface area contributed by atoms with Crippen LogP contribution in [0.5, 0.6) is 0 Å². The van der Waals surface area contributed by atoms with E-state index >= 15 is 0 Å². The molecule has 5 nitrogen and oxygen atoms in total. The third-order valence-electron chi connectivity index (χ3n) is 2.41. The van der Waals surface area contributed by atoms with E-state index in [1.807, 2.05) is 0 Å². The van der Waals surface area contributed by atoms with Crippen molar-refractivity contribution in [2.45, 2.75) is 6.92 Å². The van der Waals surface area contributed by atoms with Crippen molar-refractivity contribution in [3.63, 3.8) is 0 Å². The third-order valence-corrected chi connectivity index (χ3v) is 2.66. The average Bonchev–Trinajstić information content (AvgIpc) is 2.72. The van der Waals surface area contributed by atoms with E-state index in [1.54, 1.807) is 31.2 Å². The first kappa shape index (κ1) is 12.4. The standard InChI is InChI=1S/C12H12ClN3O2/c1-2-18-12(17)9-10(15-16-11(9)14)7-3-5-8(13)6-4-7/h3-6H,2H2,1H3,(H3,14,15,16). The molecule has 0 aliphatic rings. The Labute approximate surface area is 109 Å². The number of carbonyl (C=O) groups is 1. The number of aromatic nitrogens is 2. The van der Waals surface area contributed by atoms with Crippen LogP contribution >= 0.6 is 11.6 Å². The van der Waals surface area contributed by atoms with Gasteiger partial charge in [-0.15, -0.1) is 0 Å². The topological polar surface area (TPSA) is 81.0 Å². The summed E-state index contributed by atoms with van der Waals surface area (Å²) in [5.74, 6) is -0.368. The number of halogens is 1. The van der Waals surface area contributed by atoms with Crippen molar-refractivity contribution in [2.24, 2.45) is 0 Å². The van der Waals surface area contributed by atoms with E-state index in [9.17, 15) is 4.79 Å². The van der Waals surface area contributed by atoms with Crippen LogP contribution in [0.1, 0.15) is 17.3 Å². The van der Waals surface area contributed by atoms with Gasteiger partial charge in [0.15, 0.2) is 5.82 Å². The minimum Gasteiger partial charge on any atom is -0.462 e. The van der Waals surface area contributed by atoms with E-state index in [4.69, 9.17) is 22.1 Å². The van der Waals surface area contributed by atoms with Crippen molar-refractivity contribution in [3.8, 4) is 11.3 Å². The molecule has 0 atom stereocenters. The molecule has 0 radical (unpaired) electrons. The lowest BCUT2D eigenvalue weighted by atomic mass is 10.1. The summed E-state index contributed by atoms with van der Waals surface area (Å²) in [7, 11) is 0. The number of aromatic amines is 1. The van der Waals surface area contributed by atoms with Crippen molar-refractivity contribution >= 4 is 23.4 Å². The van der Waals surface area contributed by atoms with Gasteiger partial charge in [-0.3, -0.25) is 5.10 Å². The van der Waals surface area contributed by atoms with Gasteiger partial charge in [0.25, 0.3) is 0 Å². The summed E-state index contributed by atoms with van der Waals surface area (Å²) in [6, 6.07) is 7.00. The van der Waals surface area contributed by atoms with Crippen molar-refractivity contribution < 1.29 is 9.53 Å². The molecule has 0 fully saturated rings. The van der Waals surface area contributed by atoms with Gasteiger partial charge >= 0.3 is 5.97 Å². The number of nitrogens with zero attached hydrogens (tertiary/aromatic N) is 1. The van der Waals surface area contributed by atoms with Gasteiger partial charge in [-0.25, -0.2) is 4.79 Å². The Kier molecular flexibility index (Phi) is 3.53. The lowest BCUT2D eigenvalue weighted by molar-refractivity contribution is 0.0528. The van der Waals surface area contributed by atoms with Crippen LogP contribution in [0.25, 0.3) is 11.3 Å². The Hall–Kier alpha value is -2.01. The fraction of sp³-hybridized carbons (Fsp3) is 0.167. The molecule has 18 heavy (non-hydrogen) atoms. The molecule has 94 valence electrons. The minimum absolute atomic E-state index is 0.124. The van der Waals surface area contributed by atoms with Crippen molar-refractivity contribution in [2.75, 3.05) is 12.3 Å². The number of ether oxygens (including phenoxy) is 1. The molecule has 2 rings (SSSR count). The molecular formula is C12H12ClN3O2. The minimum atomic E-state index is -0.492. The first-order valence-electron chi connectivity index (χ1n) is 5.40. The Morgan fingerprint density at radius 1 is 1.44 bits per heavy atom. The molecule has 0 bridgehead atoms. The highest BCUT2D eigenvalue weighted by Crippen LogP contribution is 2.26. The van der Waals surface area contributed by atoms with Gasteiger partial charge in [0.05, 0.1) is 12.3 Å². The van der Waals surface area contributed by atoms with Crippen LogP contribution in [0.4, 0.5) is 5.82 Å². The fourth-order valence-electron chi connectivity index (χ4n) is 1.59. The molecule has 0 amide bonds. The Morgan fingerprint density at radius 3 is 2.72 bits per heavy atom. The number of nitrogens with one attached hydrogen (secondary N) is 1. The Balaban J connectivity index is 2.45. The maximum atomic E-state index is 11.8. The Morgan fingerprint density at radius 2 is 2.11 bits per heavy atom. The van der Waals surface area contributed by atoms with Crippen molar-refractivity contribution in [1.82, 2.24) is 10.2 Å². The van der Waals surface area contributed by atoms with Crippen molar-refractivity contribution in [1.29, 1.82) is 0 Å². The number of nitrogens with two attached hydrogens (primary N) is 1. The van der Waals surface area contributed by atoms with E-state index in [0.29, 0.717) is 10.7 Å². The number of rotatable bonds is 3. The second-order valence-electron chi connectivity index (χ2n) is 3.59. The SMILES string of the molecule is CCOC(=O)c1c(N)n[nH]c1-c1ccc(Cl)cc1. The molecule has 1 heterocycles. The Bertz CT molecular complexity index is 563. The highest BCUT2D eigenvalue weighted by molar-refractivity contribution is 6.30. The molecule has 0 saturated heterocycles. The number of esters is 1. The number of nitrogen functional groups attached to an aromatic ring is 1. The maximum absolute atomic E-state index is 11.8. The molecule has 0 spiro atoms. The quantitative estimate of drug-likeness (QED) is 0.836. The molecular weight excluding hydrogens is 254 g/mol. The van der Waals surface area contributed by atoms with Crippen LogP contribution in [-0.2, 0) is 4.74 Å². The van der Waals surface area contributed by atoms with Gasteiger partial charge in [-0.05, 0) is 19.1 Å². The predicted molar refractivity (Wildman–Crippen MR) is 69.4 cm³/mol. The summed E-state index contributed by atoms with van der Waals surface area (Å²) in [5, 5.41) is 7.18. The van der Waals surface area contributed by atoms with Crippen LogP contribution in [-0.4, -0.2) is 22.8 Å². The number of benzene rings is 1. The summed E-state index contributed by atoms with van der Waals surface area (Å²) >= 11 is 5.81. The lowest BCUT2D eigenvalue weighted by Crippen LogP contribution is -2.07. The molecule has 2 aromatic rings. The van der Waals surface area contributed by atoms with Crippen LogP contribution in [0.2, 0.25) is 5.02 Å². The van der Waals surface area contributed by atoms with Gasteiger partial charge < -0.3 is 10.5 Å². The lowest BCUT2D eigenvalue weighted by Gasteiger charge is -2.04. The van der Waals surface area contributed by atoms with E-state index in [1.165, 1.54) is 0 Å². The van der Waals surface area contributed by atoms with Gasteiger partial charge in [0.1, 0.15) is 5.56 Å². The molecule has 1 aromatic carbocycles. The van der Waals surface area contributed by atoms with E-state index in [-0.39, 0.29) is 18.0 Å².